The van der Waals surface area contributed by atoms with Crippen molar-refractivity contribution in [2.24, 2.45) is 0 Å². The SMILES string of the molecule is COC1(CNc2nc(C(=O)O)co2)CCC1. The van der Waals surface area contributed by atoms with Crippen molar-refractivity contribution in [1.82, 2.24) is 4.98 Å². The highest BCUT2D eigenvalue weighted by atomic mass is 16.5. The molecule has 1 fully saturated rings. The van der Waals surface area contributed by atoms with Gasteiger partial charge >= 0.3 is 5.97 Å². The first-order chi connectivity index (χ1) is 7.65. The highest BCUT2D eigenvalue weighted by Crippen LogP contribution is 2.34. The number of carbonyl (C=O) groups is 1. The van der Waals surface area contributed by atoms with Crippen LogP contribution in [0.4, 0.5) is 6.01 Å². The quantitative estimate of drug-likeness (QED) is 0.788. The van der Waals surface area contributed by atoms with Crippen molar-refractivity contribution < 1.29 is 19.1 Å². The van der Waals surface area contributed by atoms with Crippen LogP contribution in [0.5, 0.6) is 0 Å². The molecule has 1 aliphatic rings. The predicted molar refractivity (Wildman–Crippen MR) is 55.5 cm³/mol. The maximum atomic E-state index is 10.6. The monoisotopic (exact) mass is 226 g/mol. The van der Waals surface area contributed by atoms with Gasteiger partial charge in [0, 0.05) is 13.7 Å². The lowest BCUT2D eigenvalue weighted by Gasteiger charge is -2.40. The summed E-state index contributed by atoms with van der Waals surface area (Å²) in [5, 5.41) is 11.6. The molecule has 1 heterocycles. The van der Waals surface area contributed by atoms with Crippen LogP contribution in [0.1, 0.15) is 29.8 Å². The number of ether oxygens (including phenoxy) is 1. The zero-order valence-electron chi connectivity index (χ0n) is 9.02. The van der Waals surface area contributed by atoms with E-state index in [2.05, 4.69) is 10.3 Å². The molecule has 6 heteroatoms. The molecule has 0 radical (unpaired) electrons. The van der Waals surface area contributed by atoms with Gasteiger partial charge < -0.3 is 19.6 Å². The van der Waals surface area contributed by atoms with Gasteiger partial charge in [-0.15, -0.1) is 0 Å². The van der Waals surface area contributed by atoms with Crippen LogP contribution in [-0.2, 0) is 4.74 Å². The van der Waals surface area contributed by atoms with Crippen LogP contribution in [0.25, 0.3) is 0 Å². The number of nitrogens with one attached hydrogen (secondary N) is 1. The number of oxazole rings is 1. The maximum absolute atomic E-state index is 10.6. The molecule has 2 rings (SSSR count). The van der Waals surface area contributed by atoms with Gasteiger partial charge in [-0.05, 0) is 19.3 Å². The molecule has 0 aromatic carbocycles. The first-order valence-corrected chi connectivity index (χ1v) is 5.13. The summed E-state index contributed by atoms with van der Waals surface area (Å²) >= 11 is 0. The van der Waals surface area contributed by atoms with Gasteiger partial charge in [-0.1, -0.05) is 0 Å². The van der Waals surface area contributed by atoms with Gasteiger partial charge in [0.1, 0.15) is 6.26 Å². The maximum Gasteiger partial charge on any atom is 0.357 e. The minimum Gasteiger partial charge on any atom is -0.476 e. The van der Waals surface area contributed by atoms with Gasteiger partial charge in [-0.25, -0.2) is 4.79 Å². The van der Waals surface area contributed by atoms with Gasteiger partial charge in [0.25, 0.3) is 6.01 Å². The van der Waals surface area contributed by atoms with Gasteiger partial charge in [-0.2, -0.15) is 4.98 Å². The summed E-state index contributed by atoms with van der Waals surface area (Å²) < 4.78 is 10.4. The van der Waals surface area contributed by atoms with Gasteiger partial charge in [0.05, 0.1) is 5.60 Å². The van der Waals surface area contributed by atoms with Gasteiger partial charge in [0.15, 0.2) is 5.69 Å². The number of hydrogen-bond acceptors (Lipinski definition) is 5. The molecule has 0 saturated heterocycles. The van der Waals surface area contributed by atoms with Crippen molar-refractivity contribution in [2.45, 2.75) is 24.9 Å². The summed E-state index contributed by atoms with van der Waals surface area (Å²) in [4.78, 5) is 14.3. The number of aromatic carboxylic acids is 1. The van der Waals surface area contributed by atoms with E-state index in [9.17, 15) is 4.79 Å². The van der Waals surface area contributed by atoms with E-state index >= 15 is 0 Å². The van der Waals surface area contributed by atoms with Crippen LogP contribution < -0.4 is 5.32 Å². The summed E-state index contributed by atoms with van der Waals surface area (Å²) in [6.07, 6.45) is 4.28. The molecule has 2 N–H and O–H groups in total. The Labute approximate surface area is 92.6 Å². The van der Waals surface area contributed by atoms with Crippen LogP contribution >= 0.6 is 0 Å². The normalized spacial score (nSPS) is 17.8. The molecule has 1 aromatic heterocycles. The van der Waals surface area contributed by atoms with Crippen LogP contribution in [0, 0.1) is 0 Å². The standard InChI is InChI=1S/C10H14N2O4/c1-15-10(3-2-4-10)6-11-9-12-7(5-16-9)8(13)14/h5H,2-4,6H2,1H3,(H,11,12)(H,13,14). The summed E-state index contributed by atoms with van der Waals surface area (Å²) in [5.74, 6) is -1.10. The minimum atomic E-state index is -1.10. The molecule has 0 atom stereocenters. The first kappa shape index (κ1) is 10.9. The zero-order chi connectivity index (χ0) is 11.6. The second-order valence-electron chi connectivity index (χ2n) is 3.94. The number of methoxy groups -OCH3 is 1. The molecule has 88 valence electrons. The summed E-state index contributed by atoms with van der Waals surface area (Å²) in [6.45, 7) is 0.586. The fourth-order valence-electron chi connectivity index (χ4n) is 1.71. The lowest BCUT2D eigenvalue weighted by molar-refractivity contribution is -0.0604. The van der Waals surface area contributed by atoms with Crippen molar-refractivity contribution >= 4 is 12.0 Å². The number of carboxylic acids is 1. The van der Waals surface area contributed by atoms with E-state index < -0.39 is 5.97 Å². The molecule has 0 unspecified atom stereocenters. The average Bonchev–Trinajstić information content (AvgIpc) is 2.65. The highest BCUT2D eigenvalue weighted by Gasteiger charge is 2.37. The fourth-order valence-corrected chi connectivity index (χ4v) is 1.71. The number of carboxylic acid groups (broad SMARTS) is 1. The number of nitrogens with zero attached hydrogens (tertiary/aromatic N) is 1. The van der Waals surface area contributed by atoms with Crippen LogP contribution in [0.15, 0.2) is 10.7 Å². The number of anilines is 1. The highest BCUT2D eigenvalue weighted by molar-refractivity contribution is 5.85. The first-order valence-electron chi connectivity index (χ1n) is 5.13. The van der Waals surface area contributed by atoms with Crippen LogP contribution in [0.2, 0.25) is 0 Å². The van der Waals surface area contributed by atoms with Crippen LogP contribution in [0.3, 0.4) is 0 Å². The molecule has 0 bridgehead atoms. The molecular weight excluding hydrogens is 212 g/mol. The molecular formula is C10H14N2O4. The molecule has 0 amide bonds. The van der Waals surface area contributed by atoms with Crippen molar-refractivity contribution in [3.05, 3.63) is 12.0 Å². The third-order valence-corrected chi connectivity index (χ3v) is 2.98. The Hall–Kier alpha value is -1.56. The molecule has 0 spiro atoms. The Bertz CT molecular complexity index is 378. The lowest BCUT2D eigenvalue weighted by atomic mass is 9.80. The predicted octanol–water partition coefficient (Wildman–Crippen LogP) is 1.35. The molecule has 0 aliphatic heterocycles. The van der Waals surface area contributed by atoms with E-state index in [1.165, 1.54) is 0 Å². The van der Waals surface area contributed by atoms with Crippen molar-refractivity contribution in [2.75, 3.05) is 19.0 Å². The third-order valence-electron chi connectivity index (χ3n) is 2.98. The summed E-state index contributed by atoms with van der Waals surface area (Å²) in [7, 11) is 1.68. The Balaban J connectivity index is 1.91. The summed E-state index contributed by atoms with van der Waals surface area (Å²) in [6, 6.07) is 0.223. The summed E-state index contributed by atoms with van der Waals surface area (Å²) in [5.41, 5.74) is -0.236. The molecule has 1 aliphatic carbocycles. The van der Waals surface area contributed by atoms with Gasteiger partial charge in [-0.3, -0.25) is 0 Å². The van der Waals surface area contributed by atoms with E-state index in [0.29, 0.717) is 6.54 Å². The number of hydrogen-bond donors (Lipinski definition) is 2. The Kier molecular flexibility index (Phi) is 2.82. The molecule has 6 nitrogen and oxygen atoms in total. The Morgan fingerprint density at radius 2 is 2.50 bits per heavy atom. The lowest BCUT2D eigenvalue weighted by Crippen LogP contribution is -2.45. The van der Waals surface area contributed by atoms with E-state index in [1.807, 2.05) is 0 Å². The molecule has 1 saturated carbocycles. The average molecular weight is 226 g/mol. The van der Waals surface area contributed by atoms with E-state index in [1.54, 1.807) is 7.11 Å². The molecule has 1 aromatic rings. The van der Waals surface area contributed by atoms with E-state index in [0.717, 1.165) is 25.5 Å². The second kappa shape index (κ2) is 4.13. The smallest absolute Gasteiger partial charge is 0.357 e. The largest absolute Gasteiger partial charge is 0.476 e. The number of rotatable bonds is 5. The molecule has 16 heavy (non-hydrogen) atoms. The van der Waals surface area contributed by atoms with E-state index in [4.69, 9.17) is 14.3 Å². The van der Waals surface area contributed by atoms with Crippen molar-refractivity contribution in [3.8, 4) is 0 Å². The van der Waals surface area contributed by atoms with Crippen molar-refractivity contribution in [3.63, 3.8) is 0 Å². The topological polar surface area (TPSA) is 84.6 Å². The Morgan fingerprint density at radius 3 is 2.94 bits per heavy atom. The van der Waals surface area contributed by atoms with E-state index in [-0.39, 0.29) is 17.3 Å². The fraction of sp³-hybridized carbons (Fsp3) is 0.600. The van der Waals surface area contributed by atoms with Crippen LogP contribution in [-0.4, -0.2) is 35.3 Å². The minimum absolute atomic E-state index is 0.0948. The second-order valence-corrected chi connectivity index (χ2v) is 3.94. The zero-order valence-corrected chi connectivity index (χ0v) is 9.02. The number of aromatic nitrogens is 1. The van der Waals surface area contributed by atoms with Crippen molar-refractivity contribution in [1.29, 1.82) is 0 Å². The van der Waals surface area contributed by atoms with Gasteiger partial charge in [0.2, 0.25) is 0 Å². The third kappa shape index (κ3) is 2.01. The Morgan fingerprint density at radius 1 is 1.75 bits per heavy atom.